The van der Waals surface area contributed by atoms with Crippen molar-refractivity contribution in [2.24, 2.45) is 5.92 Å². The van der Waals surface area contributed by atoms with E-state index in [-0.39, 0.29) is 5.91 Å². The van der Waals surface area contributed by atoms with Crippen LogP contribution in [0.1, 0.15) is 24.2 Å². The lowest BCUT2D eigenvalue weighted by Gasteiger charge is -2.36. The van der Waals surface area contributed by atoms with Crippen LogP contribution >= 0.6 is 0 Å². The van der Waals surface area contributed by atoms with Crippen molar-refractivity contribution >= 4 is 11.6 Å². The Balaban J connectivity index is 1.54. The van der Waals surface area contributed by atoms with Crippen molar-refractivity contribution in [3.63, 3.8) is 0 Å². The summed E-state index contributed by atoms with van der Waals surface area (Å²) in [7, 11) is 1.67. The molecule has 0 N–H and O–H groups in total. The third-order valence-corrected chi connectivity index (χ3v) is 4.69. The molecule has 3 rings (SSSR count). The van der Waals surface area contributed by atoms with Gasteiger partial charge in [0, 0.05) is 37.4 Å². The fourth-order valence-corrected chi connectivity index (χ4v) is 3.10. The first-order valence-corrected chi connectivity index (χ1v) is 9.48. The van der Waals surface area contributed by atoms with E-state index in [0.29, 0.717) is 18.1 Å². The minimum absolute atomic E-state index is 0.0831. The molecule has 1 heterocycles. The second-order valence-electron chi connectivity index (χ2n) is 7.21. The van der Waals surface area contributed by atoms with Crippen LogP contribution in [0.3, 0.4) is 0 Å². The molecule has 1 aliphatic heterocycles. The third-order valence-electron chi connectivity index (χ3n) is 4.69. The summed E-state index contributed by atoms with van der Waals surface area (Å²) in [6, 6.07) is 15.5. The predicted octanol–water partition coefficient (Wildman–Crippen LogP) is 3.69. The summed E-state index contributed by atoms with van der Waals surface area (Å²) in [6.45, 7) is 8.00. The third kappa shape index (κ3) is 4.94. The fourth-order valence-electron chi connectivity index (χ4n) is 3.10. The molecule has 2 aromatic rings. The number of anilines is 1. The Labute approximate surface area is 161 Å². The summed E-state index contributed by atoms with van der Waals surface area (Å²) in [5, 5.41) is 0. The van der Waals surface area contributed by atoms with E-state index in [2.05, 4.69) is 30.9 Å². The van der Waals surface area contributed by atoms with Crippen molar-refractivity contribution in [2.45, 2.75) is 13.8 Å². The van der Waals surface area contributed by atoms with E-state index < -0.39 is 0 Å². The van der Waals surface area contributed by atoms with Gasteiger partial charge in [0.05, 0.1) is 13.7 Å². The van der Waals surface area contributed by atoms with Gasteiger partial charge in [0.1, 0.15) is 11.5 Å². The number of rotatable bonds is 6. The highest BCUT2D eigenvalue weighted by molar-refractivity contribution is 5.94. The molecule has 1 aliphatic rings. The quantitative estimate of drug-likeness (QED) is 0.780. The van der Waals surface area contributed by atoms with Gasteiger partial charge in [-0.2, -0.15) is 0 Å². The SMILES string of the molecule is COc1ccc(N2CCN(C(=O)c3ccc(OCC(C)C)cc3)CC2)cc1. The number of piperazine rings is 1. The molecular weight excluding hydrogens is 340 g/mol. The van der Waals surface area contributed by atoms with Crippen molar-refractivity contribution in [3.8, 4) is 11.5 Å². The van der Waals surface area contributed by atoms with Crippen LogP contribution in [0.5, 0.6) is 11.5 Å². The summed E-state index contributed by atoms with van der Waals surface area (Å²) in [5.74, 6) is 2.23. The number of methoxy groups -OCH3 is 1. The Hall–Kier alpha value is -2.69. The first kappa shape index (κ1) is 19.1. The second kappa shape index (κ2) is 8.80. The van der Waals surface area contributed by atoms with Gasteiger partial charge in [-0.1, -0.05) is 13.8 Å². The number of amides is 1. The first-order valence-electron chi connectivity index (χ1n) is 9.48. The number of carbonyl (C=O) groups is 1. The predicted molar refractivity (Wildman–Crippen MR) is 108 cm³/mol. The van der Waals surface area contributed by atoms with Crippen LogP contribution in [0.25, 0.3) is 0 Å². The molecule has 0 aliphatic carbocycles. The van der Waals surface area contributed by atoms with Crippen LogP contribution in [0.4, 0.5) is 5.69 Å². The van der Waals surface area contributed by atoms with Gasteiger partial charge < -0.3 is 19.3 Å². The number of nitrogens with zero attached hydrogens (tertiary/aromatic N) is 2. The van der Waals surface area contributed by atoms with Gasteiger partial charge in [-0.3, -0.25) is 4.79 Å². The molecule has 1 saturated heterocycles. The summed E-state index contributed by atoms with van der Waals surface area (Å²) in [4.78, 5) is 17.0. The van der Waals surface area contributed by atoms with E-state index >= 15 is 0 Å². The lowest BCUT2D eigenvalue weighted by molar-refractivity contribution is 0.0746. The van der Waals surface area contributed by atoms with E-state index in [4.69, 9.17) is 9.47 Å². The highest BCUT2D eigenvalue weighted by Gasteiger charge is 2.22. The molecule has 27 heavy (non-hydrogen) atoms. The number of carbonyl (C=O) groups excluding carboxylic acids is 1. The Morgan fingerprint density at radius 2 is 1.52 bits per heavy atom. The molecule has 0 unspecified atom stereocenters. The van der Waals surface area contributed by atoms with Crippen LogP contribution < -0.4 is 14.4 Å². The second-order valence-corrected chi connectivity index (χ2v) is 7.21. The minimum Gasteiger partial charge on any atom is -0.497 e. The van der Waals surface area contributed by atoms with Gasteiger partial charge in [0.25, 0.3) is 5.91 Å². The minimum atomic E-state index is 0.0831. The van der Waals surface area contributed by atoms with Crippen LogP contribution in [-0.4, -0.2) is 50.7 Å². The molecule has 0 atom stereocenters. The number of ether oxygens (including phenoxy) is 2. The molecule has 1 amide bonds. The molecule has 0 spiro atoms. The van der Waals surface area contributed by atoms with Crippen molar-refractivity contribution in [1.29, 1.82) is 0 Å². The van der Waals surface area contributed by atoms with Crippen LogP contribution in [0, 0.1) is 5.92 Å². The van der Waals surface area contributed by atoms with Crippen LogP contribution in [0.15, 0.2) is 48.5 Å². The summed E-state index contributed by atoms with van der Waals surface area (Å²) in [5.41, 5.74) is 1.87. The van der Waals surface area contributed by atoms with Gasteiger partial charge in [0.15, 0.2) is 0 Å². The van der Waals surface area contributed by atoms with Gasteiger partial charge in [-0.15, -0.1) is 0 Å². The van der Waals surface area contributed by atoms with E-state index in [9.17, 15) is 4.79 Å². The van der Waals surface area contributed by atoms with E-state index in [0.717, 1.165) is 43.4 Å². The zero-order valence-electron chi connectivity index (χ0n) is 16.4. The maximum atomic E-state index is 12.8. The largest absolute Gasteiger partial charge is 0.497 e. The highest BCUT2D eigenvalue weighted by atomic mass is 16.5. The number of benzene rings is 2. The van der Waals surface area contributed by atoms with Crippen molar-refractivity contribution in [3.05, 3.63) is 54.1 Å². The van der Waals surface area contributed by atoms with Gasteiger partial charge in [-0.05, 0) is 54.4 Å². The van der Waals surface area contributed by atoms with Crippen LogP contribution in [-0.2, 0) is 0 Å². The molecule has 1 fully saturated rings. The maximum absolute atomic E-state index is 12.8. The fraction of sp³-hybridized carbons (Fsp3) is 0.409. The topological polar surface area (TPSA) is 42.0 Å². The number of hydrogen-bond acceptors (Lipinski definition) is 4. The first-order chi connectivity index (χ1) is 13.1. The molecule has 0 aromatic heterocycles. The zero-order chi connectivity index (χ0) is 19.2. The lowest BCUT2D eigenvalue weighted by Crippen LogP contribution is -2.48. The number of hydrogen-bond donors (Lipinski definition) is 0. The van der Waals surface area contributed by atoms with Gasteiger partial charge in [0.2, 0.25) is 0 Å². The highest BCUT2D eigenvalue weighted by Crippen LogP contribution is 2.21. The van der Waals surface area contributed by atoms with Crippen molar-refractivity contribution in [2.75, 3.05) is 44.8 Å². The average Bonchev–Trinajstić information content (AvgIpc) is 2.72. The Morgan fingerprint density at radius 3 is 2.07 bits per heavy atom. The maximum Gasteiger partial charge on any atom is 0.253 e. The van der Waals surface area contributed by atoms with Crippen molar-refractivity contribution in [1.82, 2.24) is 4.90 Å². The van der Waals surface area contributed by atoms with E-state index in [1.165, 1.54) is 0 Å². The molecule has 5 heteroatoms. The van der Waals surface area contributed by atoms with E-state index in [1.54, 1.807) is 7.11 Å². The molecule has 0 saturated carbocycles. The monoisotopic (exact) mass is 368 g/mol. The molecule has 0 bridgehead atoms. The molecule has 144 valence electrons. The smallest absolute Gasteiger partial charge is 0.253 e. The van der Waals surface area contributed by atoms with E-state index in [1.807, 2.05) is 41.3 Å². The average molecular weight is 368 g/mol. The zero-order valence-corrected chi connectivity index (χ0v) is 16.4. The summed E-state index contributed by atoms with van der Waals surface area (Å²) in [6.07, 6.45) is 0. The summed E-state index contributed by atoms with van der Waals surface area (Å²) >= 11 is 0. The molecular formula is C22H28N2O3. The van der Waals surface area contributed by atoms with Crippen LogP contribution in [0.2, 0.25) is 0 Å². The Bertz CT molecular complexity index is 733. The van der Waals surface area contributed by atoms with Crippen molar-refractivity contribution < 1.29 is 14.3 Å². The van der Waals surface area contributed by atoms with Gasteiger partial charge >= 0.3 is 0 Å². The Kier molecular flexibility index (Phi) is 6.22. The summed E-state index contributed by atoms with van der Waals surface area (Å²) < 4.78 is 10.9. The molecule has 2 aromatic carbocycles. The standard InChI is InChI=1S/C22H28N2O3/c1-17(2)16-27-21-8-4-18(5-9-21)22(25)24-14-12-23(13-15-24)19-6-10-20(26-3)11-7-19/h4-11,17H,12-16H2,1-3H3. The van der Waals surface area contributed by atoms with Gasteiger partial charge in [-0.25, -0.2) is 0 Å². The molecule has 0 radical (unpaired) electrons. The Morgan fingerprint density at radius 1 is 0.926 bits per heavy atom. The normalized spacial score (nSPS) is 14.4. The molecule has 5 nitrogen and oxygen atoms in total. The lowest BCUT2D eigenvalue weighted by atomic mass is 10.1.